The summed E-state index contributed by atoms with van der Waals surface area (Å²) in [7, 11) is 2.37. The Kier molecular flexibility index (Phi) is 5.61. The number of rotatable bonds is 4. The van der Waals surface area contributed by atoms with Gasteiger partial charge >= 0.3 is 11.9 Å². The number of methoxy groups -OCH3 is 2. The first-order valence-electron chi connectivity index (χ1n) is 7.42. The van der Waals surface area contributed by atoms with E-state index in [2.05, 4.69) is 4.74 Å². The van der Waals surface area contributed by atoms with E-state index in [1.165, 1.54) is 14.2 Å². The van der Waals surface area contributed by atoms with Gasteiger partial charge in [0.05, 0.1) is 37.3 Å². The van der Waals surface area contributed by atoms with Crippen molar-refractivity contribution in [1.29, 1.82) is 10.5 Å². The van der Waals surface area contributed by atoms with Crippen LogP contribution in [0.15, 0.2) is 47.1 Å². The smallest absolute Gasteiger partial charge is 0.338 e. The van der Waals surface area contributed by atoms with Crippen molar-refractivity contribution in [3.05, 3.63) is 58.2 Å². The normalized spacial score (nSPS) is 16.2. The van der Waals surface area contributed by atoms with Crippen LogP contribution in [0.1, 0.15) is 23.5 Å². The average Bonchev–Trinajstić information content (AvgIpc) is 2.66. The second-order valence-electron chi connectivity index (χ2n) is 5.24. The molecule has 0 aliphatic carbocycles. The standard InChI is InChI=1S/C18H15N3O5/c1-24-14(22)7-13-16(18(23)25-2)15(12(9-20)17(21)26-13)11-5-3-10(8-19)4-6-11/h3-6,15H,7,21H2,1-2H3. The molecule has 0 spiro atoms. The Hall–Kier alpha value is -3.78. The van der Waals surface area contributed by atoms with Crippen LogP contribution in [0.2, 0.25) is 0 Å². The van der Waals surface area contributed by atoms with Crippen LogP contribution in [-0.4, -0.2) is 26.2 Å². The zero-order chi connectivity index (χ0) is 19.3. The molecule has 8 nitrogen and oxygen atoms in total. The zero-order valence-corrected chi connectivity index (χ0v) is 14.1. The van der Waals surface area contributed by atoms with Crippen LogP contribution < -0.4 is 5.73 Å². The topological polar surface area (TPSA) is 135 Å². The fourth-order valence-electron chi connectivity index (χ4n) is 2.57. The SMILES string of the molecule is COC(=O)CC1=C(C(=O)OC)C(c2ccc(C#N)cc2)C(C#N)=C(N)O1. The fraction of sp³-hybridized carbons (Fsp3) is 0.222. The van der Waals surface area contributed by atoms with Crippen LogP contribution in [0, 0.1) is 22.7 Å². The molecule has 2 N–H and O–H groups in total. The summed E-state index contributed by atoms with van der Waals surface area (Å²) in [5, 5.41) is 18.4. The maximum Gasteiger partial charge on any atom is 0.338 e. The highest BCUT2D eigenvalue weighted by Gasteiger charge is 2.38. The first kappa shape index (κ1) is 18.6. The lowest BCUT2D eigenvalue weighted by atomic mass is 9.82. The lowest BCUT2D eigenvalue weighted by Gasteiger charge is -2.27. The fourth-order valence-corrected chi connectivity index (χ4v) is 2.57. The third-order valence-electron chi connectivity index (χ3n) is 3.81. The molecule has 0 fully saturated rings. The van der Waals surface area contributed by atoms with Crippen LogP contribution in [0.25, 0.3) is 0 Å². The first-order chi connectivity index (χ1) is 12.5. The molecule has 1 unspecified atom stereocenters. The molecule has 1 aliphatic heterocycles. The predicted octanol–water partition coefficient (Wildman–Crippen LogP) is 1.36. The van der Waals surface area contributed by atoms with E-state index in [0.29, 0.717) is 11.1 Å². The molecule has 26 heavy (non-hydrogen) atoms. The van der Waals surface area contributed by atoms with Crippen molar-refractivity contribution in [2.75, 3.05) is 14.2 Å². The summed E-state index contributed by atoms with van der Waals surface area (Å²) in [4.78, 5) is 24.1. The van der Waals surface area contributed by atoms with E-state index in [-0.39, 0.29) is 29.2 Å². The van der Waals surface area contributed by atoms with Crippen molar-refractivity contribution in [3.63, 3.8) is 0 Å². The minimum Gasteiger partial charge on any atom is -0.469 e. The molecule has 8 heteroatoms. The molecule has 1 heterocycles. The minimum absolute atomic E-state index is 0.00345. The Morgan fingerprint density at radius 3 is 2.31 bits per heavy atom. The third kappa shape index (κ3) is 3.50. The average molecular weight is 353 g/mol. The molecule has 1 atom stereocenters. The molecule has 2 rings (SSSR count). The zero-order valence-electron chi connectivity index (χ0n) is 14.1. The number of carbonyl (C=O) groups is 2. The number of hydrogen-bond acceptors (Lipinski definition) is 8. The van der Waals surface area contributed by atoms with Gasteiger partial charge in [-0.15, -0.1) is 0 Å². The van der Waals surface area contributed by atoms with Gasteiger partial charge in [0.25, 0.3) is 0 Å². The van der Waals surface area contributed by atoms with E-state index in [4.69, 9.17) is 20.5 Å². The van der Waals surface area contributed by atoms with Gasteiger partial charge in [0.1, 0.15) is 23.8 Å². The summed E-state index contributed by atoms with van der Waals surface area (Å²) < 4.78 is 14.8. The molecule has 0 aromatic heterocycles. The van der Waals surface area contributed by atoms with Crippen molar-refractivity contribution in [3.8, 4) is 12.1 Å². The maximum absolute atomic E-state index is 12.4. The number of benzene rings is 1. The number of nitrogens with zero attached hydrogens (tertiary/aromatic N) is 2. The van der Waals surface area contributed by atoms with E-state index < -0.39 is 17.9 Å². The lowest BCUT2D eigenvalue weighted by Crippen LogP contribution is -2.26. The Morgan fingerprint density at radius 2 is 1.81 bits per heavy atom. The quantitative estimate of drug-likeness (QED) is 0.801. The summed E-state index contributed by atoms with van der Waals surface area (Å²) in [6, 6.07) is 10.2. The lowest BCUT2D eigenvalue weighted by molar-refractivity contribution is -0.140. The Bertz CT molecular complexity index is 885. The van der Waals surface area contributed by atoms with Crippen LogP contribution in [0.4, 0.5) is 0 Å². The Balaban J connectivity index is 2.67. The summed E-state index contributed by atoms with van der Waals surface area (Å²) in [5.74, 6) is -2.57. The number of carbonyl (C=O) groups excluding carboxylic acids is 2. The number of nitrogens with two attached hydrogens (primary N) is 1. The van der Waals surface area contributed by atoms with Crippen molar-refractivity contribution >= 4 is 11.9 Å². The monoisotopic (exact) mass is 353 g/mol. The molecule has 0 saturated carbocycles. The summed E-state index contributed by atoms with van der Waals surface area (Å²) in [6.07, 6.45) is -0.354. The molecular formula is C18H15N3O5. The second kappa shape index (κ2) is 7.86. The number of esters is 2. The summed E-state index contributed by atoms with van der Waals surface area (Å²) >= 11 is 0. The predicted molar refractivity (Wildman–Crippen MR) is 87.5 cm³/mol. The van der Waals surface area contributed by atoms with Crippen LogP contribution in [0.5, 0.6) is 0 Å². The van der Waals surface area contributed by atoms with Gasteiger partial charge in [0.15, 0.2) is 0 Å². The molecule has 1 aliphatic rings. The molecule has 0 bridgehead atoms. The second-order valence-corrected chi connectivity index (χ2v) is 5.24. The van der Waals surface area contributed by atoms with E-state index >= 15 is 0 Å². The number of allylic oxidation sites excluding steroid dienone is 1. The van der Waals surface area contributed by atoms with Crippen molar-refractivity contribution in [2.24, 2.45) is 5.73 Å². The van der Waals surface area contributed by atoms with Gasteiger partial charge in [-0.2, -0.15) is 10.5 Å². The van der Waals surface area contributed by atoms with Crippen molar-refractivity contribution in [1.82, 2.24) is 0 Å². The van der Waals surface area contributed by atoms with Crippen LogP contribution in [-0.2, 0) is 23.8 Å². The van der Waals surface area contributed by atoms with Crippen molar-refractivity contribution in [2.45, 2.75) is 12.3 Å². The summed E-state index contributed by atoms with van der Waals surface area (Å²) in [6.45, 7) is 0. The Labute approximate surface area is 149 Å². The molecule has 1 aromatic rings. The van der Waals surface area contributed by atoms with Crippen LogP contribution >= 0.6 is 0 Å². The van der Waals surface area contributed by atoms with Gasteiger partial charge in [0, 0.05) is 0 Å². The number of ether oxygens (including phenoxy) is 3. The third-order valence-corrected chi connectivity index (χ3v) is 3.81. The number of hydrogen-bond donors (Lipinski definition) is 1. The van der Waals surface area contributed by atoms with Crippen molar-refractivity contribution < 1.29 is 23.8 Å². The highest BCUT2D eigenvalue weighted by atomic mass is 16.5. The highest BCUT2D eigenvalue weighted by molar-refractivity contribution is 5.93. The minimum atomic E-state index is -0.895. The van der Waals surface area contributed by atoms with Gasteiger partial charge in [-0.3, -0.25) is 4.79 Å². The van der Waals surface area contributed by atoms with E-state index in [9.17, 15) is 14.9 Å². The molecule has 1 aromatic carbocycles. The first-order valence-corrected chi connectivity index (χ1v) is 7.42. The van der Waals surface area contributed by atoms with E-state index in [1.807, 2.05) is 12.1 Å². The van der Waals surface area contributed by atoms with E-state index in [0.717, 1.165) is 0 Å². The van der Waals surface area contributed by atoms with Gasteiger partial charge in [-0.1, -0.05) is 12.1 Å². The van der Waals surface area contributed by atoms with Gasteiger partial charge < -0.3 is 19.9 Å². The maximum atomic E-state index is 12.4. The van der Waals surface area contributed by atoms with Gasteiger partial charge in [0.2, 0.25) is 5.88 Å². The van der Waals surface area contributed by atoms with Gasteiger partial charge in [-0.05, 0) is 17.7 Å². The molecule has 132 valence electrons. The molecular weight excluding hydrogens is 338 g/mol. The molecule has 0 saturated heterocycles. The molecule has 0 radical (unpaired) electrons. The highest BCUT2D eigenvalue weighted by Crippen LogP contribution is 2.40. The molecule has 0 amide bonds. The van der Waals surface area contributed by atoms with E-state index in [1.54, 1.807) is 24.3 Å². The van der Waals surface area contributed by atoms with Crippen LogP contribution in [0.3, 0.4) is 0 Å². The van der Waals surface area contributed by atoms with Gasteiger partial charge in [-0.25, -0.2) is 4.79 Å². The largest absolute Gasteiger partial charge is 0.469 e. The Morgan fingerprint density at radius 1 is 1.15 bits per heavy atom. The number of nitriles is 2. The summed E-state index contributed by atoms with van der Waals surface area (Å²) in [5.41, 5.74) is 6.75.